The molecule has 0 unspecified atom stereocenters. The number of halogens is 1. The maximum atomic E-state index is 12.5. The molecule has 154 valence electrons. The van der Waals surface area contributed by atoms with Gasteiger partial charge in [0.2, 0.25) is 15.9 Å². The van der Waals surface area contributed by atoms with Crippen molar-refractivity contribution in [1.82, 2.24) is 20.1 Å². The maximum absolute atomic E-state index is 12.5. The molecule has 1 aromatic heterocycles. The molecule has 0 radical (unpaired) electrons. The summed E-state index contributed by atoms with van der Waals surface area (Å²) >= 11 is 6.89. The van der Waals surface area contributed by atoms with Crippen LogP contribution in [0.25, 0.3) is 0 Å². The minimum Gasteiger partial charge on any atom is -0.272 e. The quantitative estimate of drug-likeness (QED) is 0.511. The smallest absolute Gasteiger partial charge is 0.269 e. The Balaban J connectivity index is 1.47. The number of hydrogen-bond acceptors (Lipinski definition) is 6. The van der Waals surface area contributed by atoms with E-state index in [1.807, 2.05) is 0 Å². The molecule has 1 aliphatic rings. The fourth-order valence-electron chi connectivity index (χ4n) is 2.66. The third kappa shape index (κ3) is 5.69. The topological polar surface area (TPSA) is 108 Å². The van der Waals surface area contributed by atoms with Gasteiger partial charge in [-0.25, -0.2) is 13.4 Å². The predicted octanol–water partition coefficient (Wildman–Crippen LogP) is 2.07. The molecule has 3 rings (SSSR count). The Morgan fingerprint density at radius 3 is 2.38 bits per heavy atom. The van der Waals surface area contributed by atoms with E-state index in [9.17, 15) is 18.0 Å². The van der Waals surface area contributed by atoms with E-state index in [0.29, 0.717) is 28.7 Å². The van der Waals surface area contributed by atoms with Crippen LogP contribution in [0, 0.1) is 0 Å². The zero-order valence-electron chi connectivity index (χ0n) is 15.3. The molecule has 8 nitrogen and oxygen atoms in total. The highest BCUT2D eigenvalue weighted by atomic mass is 35.5. The second-order valence-electron chi connectivity index (χ2n) is 6.24. The van der Waals surface area contributed by atoms with E-state index < -0.39 is 21.8 Å². The molecule has 0 aliphatic carbocycles. The van der Waals surface area contributed by atoms with Gasteiger partial charge in [-0.05, 0) is 49.2 Å². The van der Waals surface area contributed by atoms with Gasteiger partial charge < -0.3 is 0 Å². The molecule has 0 bridgehead atoms. The average molecular weight is 455 g/mol. The van der Waals surface area contributed by atoms with Gasteiger partial charge in [-0.15, -0.1) is 0 Å². The number of thioether (sulfide) groups is 1. The summed E-state index contributed by atoms with van der Waals surface area (Å²) < 4.78 is 26.4. The molecule has 1 saturated heterocycles. The Morgan fingerprint density at radius 1 is 1.07 bits per heavy atom. The number of amides is 2. The van der Waals surface area contributed by atoms with Gasteiger partial charge in [0.25, 0.3) is 5.91 Å². The van der Waals surface area contributed by atoms with Gasteiger partial charge in [0.15, 0.2) is 0 Å². The number of sulfonamides is 1. The Bertz CT molecular complexity index is 976. The van der Waals surface area contributed by atoms with E-state index in [1.54, 1.807) is 30.3 Å². The zero-order valence-corrected chi connectivity index (χ0v) is 17.7. The fourth-order valence-corrected chi connectivity index (χ4v) is 4.89. The number of benzene rings is 1. The summed E-state index contributed by atoms with van der Waals surface area (Å²) in [6.07, 6.45) is 3.03. The largest absolute Gasteiger partial charge is 0.272 e. The van der Waals surface area contributed by atoms with Gasteiger partial charge in [0, 0.05) is 29.9 Å². The molecular weight excluding hydrogens is 436 g/mol. The fraction of sp³-hybridized carbons (Fsp3) is 0.278. The van der Waals surface area contributed by atoms with Gasteiger partial charge in [0.1, 0.15) is 4.90 Å². The van der Waals surface area contributed by atoms with Crippen molar-refractivity contribution in [1.29, 1.82) is 0 Å². The molecule has 2 N–H and O–H groups in total. The highest BCUT2D eigenvalue weighted by Gasteiger charge is 2.27. The highest BCUT2D eigenvalue weighted by Crippen LogP contribution is 2.22. The van der Waals surface area contributed by atoms with Crippen molar-refractivity contribution in [3.8, 4) is 0 Å². The lowest BCUT2D eigenvalue weighted by molar-refractivity contribution is -0.119. The minimum absolute atomic E-state index is 0.00607. The lowest BCUT2D eigenvalue weighted by Crippen LogP contribution is -2.42. The number of nitrogens with zero attached hydrogens (tertiary/aromatic N) is 2. The summed E-state index contributed by atoms with van der Waals surface area (Å²) in [4.78, 5) is 28.1. The molecular formula is C18H19ClN4O4S2. The first-order valence-electron chi connectivity index (χ1n) is 8.80. The third-order valence-corrected chi connectivity index (χ3v) is 7.26. The molecule has 1 fully saturated rings. The lowest BCUT2D eigenvalue weighted by Gasteiger charge is -2.15. The monoisotopic (exact) mass is 454 g/mol. The summed E-state index contributed by atoms with van der Waals surface area (Å²) in [5.41, 5.74) is 4.99. The van der Waals surface area contributed by atoms with Crippen molar-refractivity contribution < 1.29 is 18.0 Å². The molecule has 11 heteroatoms. The van der Waals surface area contributed by atoms with Gasteiger partial charge in [0.05, 0.1) is 10.8 Å². The Hall–Kier alpha value is -2.14. The number of carbonyl (C=O) groups is 2. The molecule has 0 saturated carbocycles. The standard InChI is InChI=1S/C18H19ClN4O4S2/c19-14-5-3-13(4-6-14)18(25)22-21-16(24)12-28-17-8-7-15(11-20-17)29(26,27)23-9-1-2-10-23/h3-8,11H,1-2,9-10,12H2,(H,21,24)(H,22,25). The molecule has 2 amide bonds. The van der Waals surface area contributed by atoms with Crippen molar-refractivity contribution in [2.75, 3.05) is 18.8 Å². The number of rotatable bonds is 6. The molecule has 0 atom stereocenters. The number of nitrogens with one attached hydrogen (secondary N) is 2. The van der Waals surface area contributed by atoms with Gasteiger partial charge in [-0.3, -0.25) is 20.4 Å². The summed E-state index contributed by atoms with van der Waals surface area (Å²) in [7, 11) is -3.51. The minimum atomic E-state index is -3.51. The van der Waals surface area contributed by atoms with Crippen molar-refractivity contribution in [2.24, 2.45) is 0 Å². The molecule has 2 aromatic rings. The lowest BCUT2D eigenvalue weighted by atomic mass is 10.2. The maximum Gasteiger partial charge on any atom is 0.269 e. The van der Waals surface area contributed by atoms with Crippen LogP contribution in [-0.2, 0) is 14.8 Å². The van der Waals surface area contributed by atoms with Crippen molar-refractivity contribution in [3.63, 3.8) is 0 Å². The number of hydrogen-bond donors (Lipinski definition) is 2. The summed E-state index contributed by atoms with van der Waals surface area (Å²) in [5, 5.41) is 1.01. The second-order valence-corrected chi connectivity index (χ2v) is 9.61. The van der Waals surface area contributed by atoms with Gasteiger partial charge in [-0.1, -0.05) is 23.4 Å². The molecule has 1 aromatic carbocycles. The first kappa shape index (κ1) is 21.6. The second kappa shape index (κ2) is 9.57. The Labute approximate surface area is 178 Å². The first-order chi connectivity index (χ1) is 13.9. The number of pyridine rings is 1. The third-order valence-electron chi connectivity index (χ3n) is 4.19. The number of carbonyl (C=O) groups excluding carboxylic acids is 2. The predicted molar refractivity (Wildman–Crippen MR) is 110 cm³/mol. The zero-order chi connectivity index (χ0) is 20.9. The van der Waals surface area contributed by atoms with Gasteiger partial charge >= 0.3 is 0 Å². The SMILES string of the molecule is O=C(CSc1ccc(S(=O)(=O)N2CCCC2)cn1)NNC(=O)c1ccc(Cl)cc1. The van der Waals surface area contributed by atoms with Crippen molar-refractivity contribution in [2.45, 2.75) is 22.8 Å². The van der Waals surface area contributed by atoms with Crippen LogP contribution in [0.2, 0.25) is 5.02 Å². The molecule has 0 spiro atoms. The van der Waals surface area contributed by atoms with E-state index in [2.05, 4.69) is 15.8 Å². The van der Waals surface area contributed by atoms with Crippen LogP contribution in [0.15, 0.2) is 52.5 Å². The molecule has 1 aliphatic heterocycles. The highest BCUT2D eigenvalue weighted by molar-refractivity contribution is 7.99. The first-order valence-corrected chi connectivity index (χ1v) is 11.6. The van der Waals surface area contributed by atoms with E-state index in [0.717, 1.165) is 24.6 Å². The normalized spacial score (nSPS) is 14.5. The van der Waals surface area contributed by atoms with E-state index in [-0.39, 0.29) is 10.6 Å². The van der Waals surface area contributed by atoms with E-state index in [1.165, 1.54) is 16.6 Å². The Morgan fingerprint density at radius 2 is 1.76 bits per heavy atom. The summed E-state index contributed by atoms with van der Waals surface area (Å²) in [5.74, 6) is -0.881. The average Bonchev–Trinajstić information content (AvgIpc) is 3.27. The van der Waals surface area contributed by atoms with Crippen LogP contribution in [0.3, 0.4) is 0 Å². The van der Waals surface area contributed by atoms with Gasteiger partial charge in [-0.2, -0.15) is 4.31 Å². The van der Waals surface area contributed by atoms with Crippen LogP contribution in [0.5, 0.6) is 0 Å². The van der Waals surface area contributed by atoms with Crippen LogP contribution in [0.4, 0.5) is 0 Å². The number of aromatic nitrogens is 1. The number of hydrazine groups is 1. The van der Waals surface area contributed by atoms with Crippen LogP contribution >= 0.6 is 23.4 Å². The van der Waals surface area contributed by atoms with E-state index in [4.69, 9.17) is 11.6 Å². The summed E-state index contributed by atoms with van der Waals surface area (Å²) in [6, 6.07) is 9.29. The molecule has 2 heterocycles. The molecule has 29 heavy (non-hydrogen) atoms. The summed E-state index contributed by atoms with van der Waals surface area (Å²) in [6.45, 7) is 1.06. The van der Waals surface area contributed by atoms with Crippen molar-refractivity contribution >= 4 is 45.2 Å². The Kier molecular flexibility index (Phi) is 7.12. The van der Waals surface area contributed by atoms with Crippen LogP contribution in [-0.4, -0.2) is 48.4 Å². The van der Waals surface area contributed by atoms with Crippen molar-refractivity contribution in [3.05, 3.63) is 53.2 Å². The van der Waals surface area contributed by atoms with Crippen LogP contribution in [0.1, 0.15) is 23.2 Å². The van der Waals surface area contributed by atoms with E-state index >= 15 is 0 Å². The van der Waals surface area contributed by atoms with Crippen LogP contribution < -0.4 is 10.9 Å².